The van der Waals surface area contributed by atoms with E-state index in [2.05, 4.69) is 26.1 Å². The summed E-state index contributed by atoms with van der Waals surface area (Å²) >= 11 is 3.53. The standard InChI is InChI=1S/C17H21BrN4O/c1-11(19)12-7-9-22(10-8-12)17(23)16-14(18)15(20-21-16)13-5-3-2-4-6-13/h2-6,11-12H,7-10,19H2,1H3,(H,20,21). The Morgan fingerprint density at radius 2 is 2.00 bits per heavy atom. The van der Waals surface area contributed by atoms with Gasteiger partial charge in [-0.3, -0.25) is 9.89 Å². The van der Waals surface area contributed by atoms with E-state index in [4.69, 9.17) is 5.73 Å². The van der Waals surface area contributed by atoms with Crippen molar-refractivity contribution in [2.45, 2.75) is 25.8 Å². The first-order valence-electron chi connectivity index (χ1n) is 7.92. The molecule has 1 saturated heterocycles. The molecule has 1 aromatic heterocycles. The van der Waals surface area contributed by atoms with Crippen LogP contribution < -0.4 is 5.73 Å². The summed E-state index contributed by atoms with van der Waals surface area (Å²) in [6, 6.07) is 10.0. The molecular weight excluding hydrogens is 356 g/mol. The second-order valence-corrected chi connectivity index (χ2v) is 6.91. The van der Waals surface area contributed by atoms with Gasteiger partial charge in [-0.2, -0.15) is 5.10 Å². The van der Waals surface area contributed by atoms with Crippen LogP contribution in [0, 0.1) is 5.92 Å². The predicted octanol–water partition coefficient (Wildman–Crippen LogP) is 3.04. The molecule has 1 aliphatic rings. The monoisotopic (exact) mass is 376 g/mol. The number of nitrogens with zero attached hydrogens (tertiary/aromatic N) is 2. The number of piperidine rings is 1. The van der Waals surface area contributed by atoms with Crippen LogP contribution in [-0.2, 0) is 0 Å². The first-order valence-corrected chi connectivity index (χ1v) is 8.71. The zero-order chi connectivity index (χ0) is 16.4. The minimum atomic E-state index is -0.00493. The molecule has 1 fully saturated rings. The summed E-state index contributed by atoms with van der Waals surface area (Å²) in [5, 5.41) is 7.20. The van der Waals surface area contributed by atoms with Gasteiger partial charge in [-0.25, -0.2) is 0 Å². The van der Waals surface area contributed by atoms with E-state index in [1.165, 1.54) is 0 Å². The molecule has 0 bridgehead atoms. The topological polar surface area (TPSA) is 75.0 Å². The summed E-state index contributed by atoms with van der Waals surface area (Å²) in [6.07, 6.45) is 1.92. The van der Waals surface area contributed by atoms with Crippen molar-refractivity contribution in [2.24, 2.45) is 11.7 Å². The van der Waals surface area contributed by atoms with Crippen molar-refractivity contribution in [1.29, 1.82) is 0 Å². The Balaban J connectivity index is 1.76. The fourth-order valence-corrected chi connectivity index (χ4v) is 3.62. The number of rotatable bonds is 3. The highest BCUT2D eigenvalue weighted by Crippen LogP contribution is 2.30. The van der Waals surface area contributed by atoms with E-state index in [0.29, 0.717) is 11.6 Å². The second-order valence-electron chi connectivity index (χ2n) is 6.12. The van der Waals surface area contributed by atoms with Crippen LogP contribution in [0.3, 0.4) is 0 Å². The maximum Gasteiger partial charge on any atom is 0.273 e. The molecule has 1 amide bonds. The van der Waals surface area contributed by atoms with E-state index in [-0.39, 0.29) is 11.9 Å². The molecule has 3 rings (SSSR count). The summed E-state index contributed by atoms with van der Waals surface area (Å²) in [6.45, 7) is 3.54. The summed E-state index contributed by atoms with van der Waals surface area (Å²) in [5.41, 5.74) is 8.22. The molecule has 5 nitrogen and oxygen atoms in total. The molecule has 0 saturated carbocycles. The summed E-state index contributed by atoms with van der Waals surface area (Å²) in [4.78, 5) is 14.6. The molecule has 0 radical (unpaired) electrons. The van der Waals surface area contributed by atoms with Gasteiger partial charge < -0.3 is 10.6 Å². The summed E-state index contributed by atoms with van der Waals surface area (Å²) < 4.78 is 0.725. The quantitative estimate of drug-likeness (QED) is 0.864. The molecular formula is C17H21BrN4O. The SMILES string of the molecule is CC(N)C1CCN(C(=O)c2[nH]nc(-c3ccccc3)c2Br)CC1. The van der Waals surface area contributed by atoms with Gasteiger partial charge >= 0.3 is 0 Å². The van der Waals surface area contributed by atoms with Crippen LogP contribution in [0.25, 0.3) is 11.3 Å². The molecule has 2 heterocycles. The Hall–Kier alpha value is -1.66. The smallest absolute Gasteiger partial charge is 0.273 e. The second kappa shape index (κ2) is 6.84. The number of amides is 1. The maximum absolute atomic E-state index is 12.7. The van der Waals surface area contributed by atoms with Crippen LogP contribution in [0.1, 0.15) is 30.3 Å². The van der Waals surface area contributed by atoms with Crippen molar-refractivity contribution in [3.05, 3.63) is 40.5 Å². The third-order valence-corrected chi connectivity index (χ3v) is 5.31. The number of H-pyrrole nitrogens is 1. The number of nitrogens with one attached hydrogen (secondary N) is 1. The molecule has 0 spiro atoms. The Labute approximate surface area is 144 Å². The molecule has 23 heavy (non-hydrogen) atoms. The molecule has 6 heteroatoms. The van der Waals surface area contributed by atoms with Crippen molar-refractivity contribution in [3.63, 3.8) is 0 Å². The molecule has 1 aromatic carbocycles. The molecule has 1 aliphatic heterocycles. The number of hydrogen-bond donors (Lipinski definition) is 2. The summed E-state index contributed by atoms with van der Waals surface area (Å²) in [7, 11) is 0. The zero-order valence-corrected chi connectivity index (χ0v) is 14.7. The lowest BCUT2D eigenvalue weighted by Gasteiger charge is -2.33. The van der Waals surface area contributed by atoms with E-state index >= 15 is 0 Å². The Morgan fingerprint density at radius 3 is 2.61 bits per heavy atom. The lowest BCUT2D eigenvalue weighted by atomic mass is 9.91. The highest BCUT2D eigenvalue weighted by molar-refractivity contribution is 9.10. The van der Waals surface area contributed by atoms with E-state index in [9.17, 15) is 4.79 Å². The average Bonchev–Trinajstić information content (AvgIpc) is 2.96. The number of hydrogen-bond acceptors (Lipinski definition) is 3. The van der Waals surface area contributed by atoms with Crippen LogP contribution in [0.5, 0.6) is 0 Å². The molecule has 2 aromatic rings. The lowest BCUT2D eigenvalue weighted by molar-refractivity contribution is 0.0674. The van der Waals surface area contributed by atoms with Gasteiger partial charge in [0.15, 0.2) is 0 Å². The first kappa shape index (κ1) is 16.2. The maximum atomic E-state index is 12.7. The fraction of sp³-hybridized carbons (Fsp3) is 0.412. The third kappa shape index (κ3) is 3.33. The summed E-state index contributed by atoms with van der Waals surface area (Å²) in [5.74, 6) is 0.499. The minimum Gasteiger partial charge on any atom is -0.337 e. The molecule has 1 unspecified atom stereocenters. The van der Waals surface area contributed by atoms with E-state index in [1.54, 1.807) is 0 Å². The Morgan fingerprint density at radius 1 is 1.35 bits per heavy atom. The molecule has 1 atom stereocenters. The van der Waals surface area contributed by atoms with E-state index < -0.39 is 0 Å². The largest absolute Gasteiger partial charge is 0.337 e. The molecule has 122 valence electrons. The third-order valence-electron chi connectivity index (χ3n) is 4.54. The van der Waals surface area contributed by atoms with Gasteiger partial charge in [-0.1, -0.05) is 30.3 Å². The van der Waals surface area contributed by atoms with Gasteiger partial charge in [0.05, 0.1) is 4.47 Å². The number of nitrogens with two attached hydrogens (primary N) is 1. The van der Waals surface area contributed by atoms with Crippen LogP contribution in [0.2, 0.25) is 0 Å². The van der Waals surface area contributed by atoms with Gasteiger partial charge in [0, 0.05) is 24.7 Å². The normalized spacial score (nSPS) is 17.3. The van der Waals surface area contributed by atoms with Crippen LogP contribution >= 0.6 is 15.9 Å². The number of carbonyl (C=O) groups is 1. The first-order chi connectivity index (χ1) is 11.1. The number of carbonyl (C=O) groups excluding carboxylic acids is 1. The van der Waals surface area contributed by atoms with Gasteiger partial charge in [0.25, 0.3) is 5.91 Å². The average molecular weight is 377 g/mol. The van der Waals surface area contributed by atoms with Crippen LogP contribution in [0.15, 0.2) is 34.8 Å². The molecule has 0 aliphatic carbocycles. The van der Waals surface area contributed by atoms with Crippen molar-refractivity contribution in [1.82, 2.24) is 15.1 Å². The van der Waals surface area contributed by atoms with Gasteiger partial charge in [-0.05, 0) is 41.6 Å². The highest BCUT2D eigenvalue weighted by Gasteiger charge is 2.28. The van der Waals surface area contributed by atoms with Crippen molar-refractivity contribution >= 4 is 21.8 Å². The minimum absolute atomic E-state index is 0.00493. The number of likely N-dealkylation sites (tertiary alicyclic amines) is 1. The number of halogens is 1. The van der Waals surface area contributed by atoms with Crippen LogP contribution in [0.4, 0.5) is 0 Å². The highest BCUT2D eigenvalue weighted by atomic mass is 79.9. The number of aromatic nitrogens is 2. The van der Waals surface area contributed by atoms with Crippen molar-refractivity contribution in [2.75, 3.05) is 13.1 Å². The molecule has 3 N–H and O–H groups in total. The van der Waals surface area contributed by atoms with Gasteiger partial charge in [-0.15, -0.1) is 0 Å². The van der Waals surface area contributed by atoms with Gasteiger partial charge in [0.1, 0.15) is 11.4 Å². The van der Waals surface area contributed by atoms with E-state index in [0.717, 1.165) is 41.7 Å². The predicted molar refractivity (Wildman–Crippen MR) is 94.0 cm³/mol. The Bertz CT molecular complexity index is 675. The van der Waals surface area contributed by atoms with Crippen molar-refractivity contribution < 1.29 is 4.79 Å². The van der Waals surface area contributed by atoms with E-state index in [1.807, 2.05) is 42.2 Å². The number of aromatic amines is 1. The van der Waals surface area contributed by atoms with Gasteiger partial charge in [0.2, 0.25) is 0 Å². The van der Waals surface area contributed by atoms with Crippen LogP contribution in [-0.4, -0.2) is 40.1 Å². The number of benzene rings is 1. The lowest BCUT2D eigenvalue weighted by Crippen LogP contribution is -2.42. The zero-order valence-electron chi connectivity index (χ0n) is 13.1. The Kier molecular flexibility index (Phi) is 4.82. The fourth-order valence-electron chi connectivity index (χ4n) is 3.04. The van der Waals surface area contributed by atoms with Crippen molar-refractivity contribution in [3.8, 4) is 11.3 Å².